The highest BCUT2D eigenvalue weighted by molar-refractivity contribution is 7.81. The van der Waals surface area contributed by atoms with Crippen molar-refractivity contribution >= 4 is 16.0 Å². The van der Waals surface area contributed by atoms with Gasteiger partial charge in [0, 0.05) is 5.66 Å². The van der Waals surface area contributed by atoms with Crippen molar-refractivity contribution in [2.45, 2.75) is 40.4 Å². The van der Waals surface area contributed by atoms with Crippen LogP contribution in [0.3, 0.4) is 0 Å². The Morgan fingerprint density at radius 2 is 1.50 bits per heavy atom. The molecule has 0 amide bonds. The lowest BCUT2D eigenvalue weighted by atomic mass is 9.97. The third-order valence-electron chi connectivity index (χ3n) is 2.95. The quantitative estimate of drug-likeness (QED) is 0.478. The molecular weight excluding hydrogens is 227 g/mol. The van der Waals surface area contributed by atoms with Crippen LogP contribution in [0.1, 0.15) is 20.8 Å². The van der Waals surface area contributed by atoms with Crippen LogP contribution in [-0.2, 0) is 0 Å². The molecule has 16 heavy (non-hydrogen) atoms. The minimum atomic E-state index is -1.11. The van der Waals surface area contributed by atoms with E-state index in [0.717, 1.165) is 0 Å². The van der Waals surface area contributed by atoms with Crippen LogP contribution >= 0.6 is 7.92 Å². The Bertz CT molecular complexity index is 287. The normalized spacial score (nSPS) is 27.8. The molecule has 0 aromatic carbocycles. The number of hydrogen-bond acceptors (Lipinski definition) is 0. The third-order valence-corrected chi connectivity index (χ3v) is 10.1. The highest BCUT2D eigenvalue weighted by Gasteiger charge is 2.52. The van der Waals surface area contributed by atoms with Crippen LogP contribution in [0.15, 0.2) is 10.3 Å². The lowest BCUT2D eigenvalue weighted by Crippen LogP contribution is -2.18. The Kier molecular flexibility index (Phi) is 3.17. The minimum absolute atomic E-state index is 0.0165. The molecule has 2 aliphatic rings. The summed E-state index contributed by atoms with van der Waals surface area (Å²) in [5, 5.41) is 1.79. The van der Waals surface area contributed by atoms with Gasteiger partial charge in [0.1, 0.15) is 0 Å². The van der Waals surface area contributed by atoms with E-state index in [4.69, 9.17) is 0 Å². The van der Waals surface area contributed by atoms with Gasteiger partial charge in [-0.25, -0.2) is 0 Å². The van der Waals surface area contributed by atoms with E-state index in [1.165, 1.54) is 0 Å². The molecule has 0 bridgehead atoms. The first kappa shape index (κ1) is 12.8. The van der Waals surface area contributed by atoms with Crippen molar-refractivity contribution in [3.63, 3.8) is 0 Å². The van der Waals surface area contributed by atoms with E-state index in [1.807, 2.05) is 4.94 Å². The van der Waals surface area contributed by atoms with E-state index in [9.17, 15) is 0 Å². The predicted octanol–water partition coefficient (Wildman–Crippen LogP) is 4.98. The molecule has 1 heterocycles. The zero-order chi connectivity index (χ0) is 12.1. The van der Waals surface area contributed by atoms with Gasteiger partial charge in [0.05, 0.1) is 8.07 Å². The fourth-order valence-corrected chi connectivity index (χ4v) is 10.5. The molecule has 1 unspecified atom stereocenters. The van der Waals surface area contributed by atoms with Crippen LogP contribution in [-0.4, -0.2) is 8.07 Å². The van der Waals surface area contributed by atoms with Gasteiger partial charge in [-0.15, -0.1) is 0 Å². The Morgan fingerprint density at radius 1 is 1.00 bits per heavy atom. The van der Waals surface area contributed by atoms with Gasteiger partial charge in [-0.2, -0.15) is 0 Å². The third kappa shape index (κ3) is 2.31. The standard InChI is InChI=1S/C14H22PSi/c1-14(2,3)12-13(16(4,5)6)15(12)11-9-7-8-10-11/h7-10H,1-6H3. The summed E-state index contributed by atoms with van der Waals surface area (Å²) in [4.78, 5) is 1.86. The second-order valence-electron chi connectivity index (χ2n) is 6.68. The van der Waals surface area contributed by atoms with Crippen LogP contribution in [0.5, 0.6) is 0 Å². The molecular formula is C14H22PSi. The summed E-state index contributed by atoms with van der Waals surface area (Å²) in [6, 6.07) is 0. The highest BCUT2D eigenvalue weighted by Crippen LogP contribution is 2.83. The summed E-state index contributed by atoms with van der Waals surface area (Å²) in [5.74, 6) is 0. The SMILES string of the molecule is CC(C)(C)C1=C([Si](C)(C)C)P1[C]1[CH][CH][CH][CH]1. The van der Waals surface area contributed by atoms with Gasteiger partial charge >= 0.3 is 0 Å². The molecule has 2 heteroatoms. The second kappa shape index (κ2) is 3.95. The molecule has 0 aromatic heterocycles. The number of allylic oxidation sites excluding steroid dienone is 1. The van der Waals surface area contributed by atoms with Gasteiger partial charge in [0.15, 0.2) is 0 Å². The molecule has 87 valence electrons. The Balaban J connectivity index is 2.20. The fraction of sp³-hybridized carbons (Fsp3) is 0.500. The molecule has 5 radical (unpaired) electrons. The van der Waals surface area contributed by atoms with Crippen molar-refractivity contribution in [2.24, 2.45) is 5.41 Å². The summed E-state index contributed by atoms with van der Waals surface area (Å²) in [6.07, 6.45) is 8.98. The second-order valence-corrected chi connectivity index (χ2v) is 14.2. The molecule has 2 rings (SSSR count). The first-order chi connectivity index (χ1) is 7.23. The zero-order valence-corrected chi connectivity index (χ0v) is 13.2. The van der Waals surface area contributed by atoms with Crippen LogP contribution in [0, 0.1) is 36.8 Å². The van der Waals surface area contributed by atoms with Crippen LogP contribution in [0.2, 0.25) is 19.6 Å². The molecule has 1 saturated carbocycles. The molecule has 0 spiro atoms. The van der Waals surface area contributed by atoms with Crippen LogP contribution in [0.25, 0.3) is 0 Å². The Hall–Kier alpha value is 0.387. The lowest BCUT2D eigenvalue weighted by molar-refractivity contribution is 0.538. The molecule has 1 atom stereocenters. The average Bonchev–Trinajstić information content (AvgIpc) is 2.66. The summed E-state index contributed by atoms with van der Waals surface area (Å²) < 4.78 is 0. The maximum absolute atomic E-state index is 2.49. The van der Waals surface area contributed by atoms with Crippen LogP contribution < -0.4 is 0 Å². The summed E-state index contributed by atoms with van der Waals surface area (Å²) in [6.45, 7) is 14.6. The molecule has 1 aliphatic heterocycles. The van der Waals surface area contributed by atoms with E-state index in [2.05, 4.69) is 66.1 Å². The first-order valence-corrected chi connectivity index (χ1v) is 10.8. The minimum Gasteiger partial charge on any atom is -0.0656 e. The topological polar surface area (TPSA) is 0 Å². The molecule has 1 aliphatic carbocycles. The van der Waals surface area contributed by atoms with E-state index in [0.29, 0.717) is 5.41 Å². The van der Waals surface area contributed by atoms with Crippen molar-refractivity contribution in [3.8, 4) is 0 Å². The van der Waals surface area contributed by atoms with Crippen molar-refractivity contribution in [2.75, 3.05) is 0 Å². The zero-order valence-electron chi connectivity index (χ0n) is 11.3. The summed E-state index contributed by atoms with van der Waals surface area (Å²) in [7, 11) is -1.12. The van der Waals surface area contributed by atoms with Crippen molar-refractivity contribution in [1.29, 1.82) is 0 Å². The largest absolute Gasteiger partial charge is 0.0790 e. The van der Waals surface area contributed by atoms with Gasteiger partial charge in [0.25, 0.3) is 0 Å². The van der Waals surface area contributed by atoms with E-state index < -0.39 is 8.07 Å². The van der Waals surface area contributed by atoms with Crippen molar-refractivity contribution < 1.29 is 0 Å². The van der Waals surface area contributed by atoms with E-state index in [-0.39, 0.29) is 7.92 Å². The molecule has 0 saturated heterocycles. The molecule has 1 fully saturated rings. The number of hydrogen-bond donors (Lipinski definition) is 0. The maximum Gasteiger partial charge on any atom is 0.0790 e. The van der Waals surface area contributed by atoms with E-state index in [1.54, 1.807) is 11.0 Å². The van der Waals surface area contributed by atoms with Crippen molar-refractivity contribution in [1.82, 2.24) is 0 Å². The van der Waals surface area contributed by atoms with Gasteiger partial charge in [-0.3, -0.25) is 0 Å². The van der Waals surface area contributed by atoms with Gasteiger partial charge < -0.3 is 0 Å². The fourth-order valence-electron chi connectivity index (χ4n) is 2.32. The van der Waals surface area contributed by atoms with Gasteiger partial charge in [-0.05, 0) is 49.3 Å². The van der Waals surface area contributed by atoms with E-state index >= 15 is 0 Å². The average molecular weight is 249 g/mol. The Labute approximate surface area is 104 Å². The van der Waals surface area contributed by atoms with Crippen LogP contribution in [0.4, 0.5) is 0 Å². The number of rotatable bonds is 2. The van der Waals surface area contributed by atoms with Crippen molar-refractivity contribution in [3.05, 3.63) is 41.6 Å². The molecule has 0 aromatic rings. The maximum atomic E-state index is 2.49. The lowest BCUT2D eigenvalue weighted by Gasteiger charge is -2.19. The molecule has 0 nitrogen and oxygen atoms in total. The predicted molar refractivity (Wildman–Crippen MR) is 77.2 cm³/mol. The summed E-state index contributed by atoms with van der Waals surface area (Å²) in [5.41, 5.74) is 1.95. The summed E-state index contributed by atoms with van der Waals surface area (Å²) >= 11 is 0. The van der Waals surface area contributed by atoms with Gasteiger partial charge in [0.2, 0.25) is 0 Å². The first-order valence-electron chi connectivity index (χ1n) is 6.00. The monoisotopic (exact) mass is 249 g/mol. The van der Waals surface area contributed by atoms with Gasteiger partial charge in [-0.1, -0.05) is 40.4 Å². The Morgan fingerprint density at radius 3 is 1.81 bits per heavy atom. The molecule has 0 N–H and O–H groups in total. The highest BCUT2D eigenvalue weighted by atomic mass is 31.1. The smallest absolute Gasteiger partial charge is 0.0656 e.